The number of carbonyl (C=O) groups excluding carboxylic acids is 8. The van der Waals surface area contributed by atoms with Crippen molar-refractivity contribution in [1.29, 1.82) is 0 Å². The molecular weight excluding hydrogens is 1520 g/mol. The number of aliphatic hydroxyl groups excluding tert-OH is 7. The van der Waals surface area contributed by atoms with Crippen molar-refractivity contribution in [2.75, 3.05) is 26.8 Å². The Balaban J connectivity index is 1.18. The van der Waals surface area contributed by atoms with Gasteiger partial charge in [0, 0.05) is 54.3 Å². The number of nitrogens with one attached hydrogen (secondary N) is 8. The normalized spacial score (nSPS) is 31.5. The van der Waals surface area contributed by atoms with Crippen molar-refractivity contribution in [2.45, 2.75) is 207 Å². The predicted molar refractivity (Wildman–Crippen MR) is 398 cm³/mol. The van der Waals surface area contributed by atoms with E-state index >= 15 is 24.0 Å². The lowest BCUT2D eigenvalue weighted by molar-refractivity contribution is -0.333. The third-order valence-electron chi connectivity index (χ3n) is 20.7. The van der Waals surface area contributed by atoms with E-state index in [1.165, 1.54) is 71.1 Å². The highest BCUT2D eigenvalue weighted by atomic mass is 35.5. The molecule has 8 heterocycles. The van der Waals surface area contributed by atoms with E-state index in [-0.39, 0.29) is 76.9 Å². The number of primary amides is 1. The Bertz CT molecular complexity index is 4430. The summed E-state index contributed by atoms with van der Waals surface area (Å²) in [5, 5.41) is 135. The van der Waals surface area contributed by atoms with Gasteiger partial charge in [0.15, 0.2) is 30.2 Å². The summed E-state index contributed by atoms with van der Waals surface area (Å²) in [5.74, 6) is -14.3. The van der Waals surface area contributed by atoms with Crippen LogP contribution in [0, 0.1) is 5.92 Å². The summed E-state index contributed by atoms with van der Waals surface area (Å²) in [7, 11) is 1.48. The van der Waals surface area contributed by atoms with Gasteiger partial charge in [-0.3, -0.25) is 38.4 Å². The molecule has 8 aliphatic rings. The van der Waals surface area contributed by atoms with Gasteiger partial charge in [-0.25, -0.2) is 0 Å². The summed E-state index contributed by atoms with van der Waals surface area (Å²) in [6, 6.07) is 2.31. The molecule has 22 atom stereocenters. The molecule has 13 rings (SSSR count). The van der Waals surface area contributed by atoms with E-state index in [9.17, 15) is 65.4 Å². The summed E-state index contributed by atoms with van der Waals surface area (Å²) >= 11 is 7.16. The fourth-order valence-corrected chi connectivity index (χ4v) is 14.8. The van der Waals surface area contributed by atoms with E-state index in [1.54, 1.807) is 0 Å². The Labute approximate surface area is 657 Å². The second-order valence-electron chi connectivity index (χ2n) is 30.2. The van der Waals surface area contributed by atoms with Crippen molar-refractivity contribution < 1.29 is 127 Å². The minimum Gasteiger partial charge on any atom is -0.508 e. The zero-order chi connectivity index (χ0) is 82.9. The molecule has 5 aromatic rings. The lowest BCUT2D eigenvalue weighted by Gasteiger charge is -2.47. The summed E-state index contributed by atoms with van der Waals surface area (Å²) in [5.41, 5.74) is 14.1. The quantitative estimate of drug-likeness (QED) is 0.0473. The number of ether oxygens (including phenoxy) is 8. The lowest BCUT2D eigenvalue weighted by Crippen LogP contribution is -2.64. The molecule has 3 fully saturated rings. The highest BCUT2D eigenvalue weighted by Crippen LogP contribution is 2.50. The maximum atomic E-state index is 16.5. The van der Waals surface area contributed by atoms with Crippen molar-refractivity contribution in [2.24, 2.45) is 23.1 Å². The van der Waals surface area contributed by atoms with Gasteiger partial charge >= 0.3 is 0 Å². The minimum atomic E-state index is -2.34. The first-order valence-corrected chi connectivity index (χ1v) is 37.3. The minimum absolute atomic E-state index is 0.0123. The van der Waals surface area contributed by atoms with Crippen molar-refractivity contribution in [3.05, 3.63) is 118 Å². The van der Waals surface area contributed by atoms with Gasteiger partial charge in [-0.15, -0.1) is 0 Å². The lowest BCUT2D eigenvalue weighted by atomic mass is 9.86. The molecule has 38 heteroatoms. The number of aliphatic hydroxyl groups is 7. The van der Waals surface area contributed by atoms with E-state index in [2.05, 4.69) is 42.5 Å². The van der Waals surface area contributed by atoms with Gasteiger partial charge in [-0.05, 0) is 136 Å². The van der Waals surface area contributed by atoms with Crippen LogP contribution in [0.2, 0.25) is 5.02 Å². The van der Waals surface area contributed by atoms with Crippen LogP contribution in [0.5, 0.6) is 46.0 Å². The van der Waals surface area contributed by atoms with Gasteiger partial charge in [0.1, 0.15) is 95.5 Å². The second kappa shape index (κ2) is 35.2. The van der Waals surface area contributed by atoms with E-state index in [0.717, 1.165) is 48.5 Å². The van der Waals surface area contributed by atoms with Gasteiger partial charge in [0.05, 0.1) is 48.5 Å². The molecule has 11 bridgehead atoms. The Morgan fingerprint density at radius 3 is 1.90 bits per heavy atom. The number of hydrogen-bond donors (Lipinski definition) is 21. The SMILES string of the molecule is CNC(CC(C)C)C(=O)NC1C(=O)NC(CC(N)=O)C(=O)NC2C(=O)NC3C(=O)NC(C(=O)NC(C(=O)NCCCO)c4cc(O)cc(O)c4-c4cc3ccc4O)C(OC3C[C@](C)(N)[C@@H](O)[C@H](C)O3)c3ccc(cc3)Oc3cc2cc(c3OC2O[C@H](CO)[C@@H](O)[C@H](O)[C@H]2OC2C[C@](C)(N)[C@@H](O)[C@H](C)O2)Oc2ccc(cc2Cl)C1O. The van der Waals surface area contributed by atoms with E-state index in [0.29, 0.717) is 0 Å². The zero-order valence-electron chi connectivity index (χ0n) is 63.0. The number of carbonyl (C=O) groups is 8. The van der Waals surface area contributed by atoms with E-state index in [4.69, 9.17) is 66.7 Å². The molecule has 5 aromatic carbocycles. The Morgan fingerprint density at radius 1 is 0.675 bits per heavy atom. The fraction of sp³-hybridized carbons (Fsp3) is 0.500. The fourth-order valence-electron chi connectivity index (χ4n) is 14.6. The van der Waals surface area contributed by atoms with Crippen LogP contribution >= 0.6 is 11.6 Å². The largest absolute Gasteiger partial charge is 0.508 e. The number of likely N-dealkylation sites (N-methyl/N-ethyl adjacent to an activating group) is 1. The first-order chi connectivity index (χ1) is 53.9. The van der Waals surface area contributed by atoms with Crippen LogP contribution in [-0.4, -0.2) is 228 Å². The van der Waals surface area contributed by atoms with E-state index < -0.39 is 251 Å². The third kappa shape index (κ3) is 18.7. The van der Waals surface area contributed by atoms with E-state index in [1.807, 2.05) is 13.8 Å². The van der Waals surface area contributed by atoms with Crippen molar-refractivity contribution in [1.82, 2.24) is 42.5 Å². The maximum absolute atomic E-state index is 16.5. The van der Waals surface area contributed by atoms with Crippen molar-refractivity contribution >= 4 is 58.9 Å². The van der Waals surface area contributed by atoms with Crippen LogP contribution in [0.3, 0.4) is 0 Å². The van der Waals surface area contributed by atoms with Gasteiger partial charge in [0.25, 0.3) is 0 Å². The summed E-state index contributed by atoms with van der Waals surface area (Å²) in [6.07, 6.45) is -22.3. The number of phenols is 3. The molecule has 24 N–H and O–H groups in total. The van der Waals surface area contributed by atoms with Crippen LogP contribution < -0.4 is 73.9 Å². The highest BCUT2D eigenvalue weighted by Gasteiger charge is 2.52. The average molecular weight is 1620 g/mol. The summed E-state index contributed by atoms with van der Waals surface area (Å²) in [4.78, 5) is 122. The third-order valence-corrected chi connectivity index (χ3v) is 21.0. The summed E-state index contributed by atoms with van der Waals surface area (Å²) < 4.78 is 52.0. The van der Waals surface area contributed by atoms with Crippen LogP contribution in [0.4, 0.5) is 0 Å². The number of fused-ring (bicyclic) bond motifs is 15. The number of benzene rings is 5. The van der Waals surface area contributed by atoms with Crippen molar-refractivity contribution in [3.8, 4) is 57.1 Å². The number of nitrogens with two attached hydrogens (primary N) is 3. The standard InChI is InChI=1S/C76H96ClN11O26/c1-30(2)19-42(81-7)67(100)87-57-59(95)35-12-16-46(41(77)21-35)110-48-23-36-22-47(63(48)114-74-64(61(97)60(96)49(29-90)111-74)113-52-28-76(6,80)66(99)32(4)108-52)109-38-13-9-33(10-14-38)62(112-51-27-75(5,79)65(98)31(3)107-51)58-73(106)86-56(69(102)82-17-8-18-89)40-24-37(91)25-45(93)53(40)39-20-34(11-15-44(39)92)54(70(103)88-58)85-71(104)55(36)84-68(101)43(26-50(78)94)83-72(57)105/h9-16,20-25,30-32,42-43,49,51-52,54-62,64-66,74,81,89-93,95-99H,8,17-19,26-29,79-80H2,1-7H3,(H2,78,94)(H,82,102)(H,83,105)(H,84,101)(H,85,104)(H,86,106)(H,87,100)(H,88,103)/t31-,32-,42?,43?,49+,51?,52?,54?,55?,56?,57?,58?,59?,60+,61-,62?,64+,65-,66-,74?,75-,76-/m0/s1. The first kappa shape index (κ1) is 85.2. The molecule has 0 aromatic heterocycles. The molecule has 0 aliphatic carbocycles. The molecule has 0 spiro atoms. The Morgan fingerprint density at radius 2 is 1.29 bits per heavy atom. The van der Waals surface area contributed by atoms with Gasteiger partial charge in [0.2, 0.25) is 59.3 Å². The van der Waals surface area contributed by atoms with Crippen LogP contribution in [0.15, 0.2) is 84.9 Å². The molecule has 0 radical (unpaired) electrons. The molecule has 114 heavy (non-hydrogen) atoms. The molecule has 37 nitrogen and oxygen atoms in total. The number of aromatic hydroxyl groups is 3. The molecule has 8 aliphatic heterocycles. The molecule has 12 unspecified atom stereocenters. The Hall–Kier alpha value is -9.65. The van der Waals surface area contributed by atoms with Crippen LogP contribution in [-0.2, 0) is 62.0 Å². The second-order valence-corrected chi connectivity index (χ2v) is 30.6. The topological polar surface area (TPSA) is 587 Å². The predicted octanol–water partition coefficient (Wildman–Crippen LogP) is -0.896. The maximum Gasteiger partial charge on any atom is 0.248 e. The van der Waals surface area contributed by atoms with Crippen LogP contribution in [0.1, 0.15) is 132 Å². The average Bonchev–Trinajstić information content (AvgIpc) is 0.765. The van der Waals surface area contributed by atoms with Crippen molar-refractivity contribution in [3.63, 3.8) is 0 Å². The van der Waals surface area contributed by atoms with Gasteiger partial charge in [-0.2, -0.15) is 0 Å². The number of hydrogen-bond acceptors (Lipinski definition) is 29. The molecule has 3 saturated heterocycles. The number of halogens is 1. The van der Waals surface area contributed by atoms with Gasteiger partial charge < -0.3 is 149 Å². The molecule has 618 valence electrons. The molecule has 0 saturated carbocycles. The number of phenolic OH excluding ortho intramolecular Hbond substituents is 3. The smallest absolute Gasteiger partial charge is 0.248 e. The summed E-state index contributed by atoms with van der Waals surface area (Å²) in [6.45, 7) is 8.08. The monoisotopic (exact) mass is 1610 g/mol. The molecule has 8 amide bonds. The Kier molecular flexibility index (Phi) is 26.3. The first-order valence-electron chi connectivity index (χ1n) is 36.9. The molecular formula is C76H96ClN11O26. The zero-order valence-corrected chi connectivity index (χ0v) is 63.7. The number of rotatable bonds is 18. The van der Waals surface area contributed by atoms with Gasteiger partial charge in [-0.1, -0.05) is 49.7 Å². The highest BCUT2D eigenvalue weighted by molar-refractivity contribution is 6.32. The van der Waals surface area contributed by atoms with Crippen LogP contribution in [0.25, 0.3) is 11.1 Å². The number of amides is 8.